The van der Waals surface area contributed by atoms with E-state index in [9.17, 15) is 29.1 Å². The molecule has 0 saturated carbocycles. The van der Waals surface area contributed by atoms with Gasteiger partial charge in [0, 0.05) is 17.9 Å². The van der Waals surface area contributed by atoms with E-state index in [0.717, 1.165) is 10.0 Å². The molecule has 0 aromatic carbocycles. The lowest BCUT2D eigenvalue weighted by molar-refractivity contribution is -0.147. The summed E-state index contributed by atoms with van der Waals surface area (Å²) in [6.07, 6.45) is 3.05. The molecule has 14 heteroatoms. The first-order valence-corrected chi connectivity index (χ1v) is 12.5. The van der Waals surface area contributed by atoms with Crippen molar-refractivity contribution in [2.45, 2.75) is 23.9 Å². The molecule has 0 radical (unpaired) electrons. The monoisotopic (exact) mass is 533 g/mol. The van der Waals surface area contributed by atoms with Gasteiger partial charge < -0.3 is 25.2 Å². The number of hydrogen-bond acceptors (Lipinski definition) is 9. The van der Waals surface area contributed by atoms with Crippen LogP contribution in [0.4, 0.5) is 9.59 Å². The standard InChI is InChI=1S/C23H27N5O8S/c1-3-7-35-22(33)26-10-15(11-27(26)23(34)36-8-4-2)25-6-5-13(18(25)29)9-14-12-37-20-16(24)19(30)28(20)17(14)21(31)32/h3-4,9,15-16,20H,1-2,5-8,10-12,24H2,(H,31,32)/b13-9+/t16-,20-/m1/s1. The van der Waals surface area contributed by atoms with Gasteiger partial charge in [0.15, 0.2) is 0 Å². The van der Waals surface area contributed by atoms with Crippen LogP contribution in [0.3, 0.4) is 0 Å². The summed E-state index contributed by atoms with van der Waals surface area (Å²) >= 11 is 1.34. The average molecular weight is 534 g/mol. The Labute approximate surface area is 216 Å². The number of carboxylic acids is 1. The molecule has 3 N–H and O–H groups in total. The predicted molar refractivity (Wildman–Crippen MR) is 130 cm³/mol. The summed E-state index contributed by atoms with van der Waals surface area (Å²) in [5, 5.41) is 11.5. The molecule has 4 heterocycles. The average Bonchev–Trinajstić information content (AvgIpc) is 3.48. The van der Waals surface area contributed by atoms with Crippen LogP contribution >= 0.6 is 11.8 Å². The number of carbonyl (C=O) groups excluding carboxylic acids is 4. The number of β-lactam (4-membered cyclic amide) rings is 1. The second kappa shape index (κ2) is 10.7. The lowest BCUT2D eigenvalue weighted by atomic mass is 10.0. The lowest BCUT2D eigenvalue weighted by Gasteiger charge is -2.47. The fourth-order valence-electron chi connectivity index (χ4n) is 4.58. The van der Waals surface area contributed by atoms with Crippen molar-refractivity contribution in [1.82, 2.24) is 19.8 Å². The number of allylic oxidation sites excluding steroid dienone is 1. The van der Waals surface area contributed by atoms with Gasteiger partial charge in [-0.05, 0) is 18.1 Å². The van der Waals surface area contributed by atoms with Gasteiger partial charge in [-0.3, -0.25) is 14.5 Å². The minimum absolute atomic E-state index is 0.00103. The van der Waals surface area contributed by atoms with Gasteiger partial charge in [-0.2, -0.15) is 0 Å². The zero-order valence-electron chi connectivity index (χ0n) is 19.9. The summed E-state index contributed by atoms with van der Waals surface area (Å²) in [5.74, 6) is -1.79. The maximum atomic E-state index is 13.3. The van der Waals surface area contributed by atoms with Gasteiger partial charge in [-0.1, -0.05) is 25.3 Å². The maximum Gasteiger partial charge on any atom is 0.429 e. The number of carbonyl (C=O) groups is 5. The van der Waals surface area contributed by atoms with E-state index in [1.807, 2.05) is 0 Å². The second-order valence-corrected chi connectivity index (χ2v) is 9.69. The molecular weight excluding hydrogens is 506 g/mol. The Morgan fingerprint density at radius 2 is 1.68 bits per heavy atom. The van der Waals surface area contributed by atoms with Crippen molar-refractivity contribution in [3.8, 4) is 0 Å². The first kappa shape index (κ1) is 26.3. The molecule has 3 saturated heterocycles. The zero-order valence-corrected chi connectivity index (χ0v) is 20.7. The highest BCUT2D eigenvalue weighted by Gasteiger charge is 2.52. The van der Waals surface area contributed by atoms with Crippen LogP contribution in [0.5, 0.6) is 0 Å². The molecule has 0 unspecified atom stereocenters. The first-order valence-electron chi connectivity index (χ1n) is 11.5. The Hall–Kier alpha value is -3.78. The SMILES string of the molecule is C=CCOC(=O)N1CC(N2CC/C(=C\C3=C(C(=O)O)N4C(=O)[C@@H](N)[C@H]4SC3)C2=O)CN1C(=O)OCC=C. The van der Waals surface area contributed by atoms with Gasteiger partial charge in [-0.15, -0.1) is 11.8 Å². The van der Waals surface area contributed by atoms with Gasteiger partial charge in [0.2, 0.25) is 11.8 Å². The Balaban J connectivity index is 1.53. The summed E-state index contributed by atoms with van der Waals surface area (Å²) in [5.41, 5.74) is 6.36. The molecule has 0 spiro atoms. The fraction of sp³-hybridized carbons (Fsp3) is 0.435. The number of amides is 4. The van der Waals surface area contributed by atoms with E-state index in [4.69, 9.17) is 15.2 Å². The third-order valence-electron chi connectivity index (χ3n) is 6.32. The number of aliphatic carboxylic acids is 1. The number of thioether (sulfide) groups is 1. The summed E-state index contributed by atoms with van der Waals surface area (Å²) in [7, 11) is 0. The highest BCUT2D eigenvalue weighted by atomic mass is 32.2. The van der Waals surface area contributed by atoms with Crippen LogP contribution < -0.4 is 5.73 Å². The predicted octanol–water partition coefficient (Wildman–Crippen LogP) is 0.273. The molecule has 0 aliphatic carbocycles. The van der Waals surface area contributed by atoms with Crippen LogP contribution in [0.25, 0.3) is 0 Å². The molecule has 0 aromatic rings. The number of hydrogen-bond donors (Lipinski definition) is 2. The molecule has 0 aromatic heterocycles. The smallest absolute Gasteiger partial charge is 0.429 e. The van der Waals surface area contributed by atoms with E-state index < -0.39 is 41.5 Å². The summed E-state index contributed by atoms with van der Waals surface area (Å²) in [6.45, 7) is 7.17. The number of rotatable bonds is 7. The largest absolute Gasteiger partial charge is 0.477 e. The summed E-state index contributed by atoms with van der Waals surface area (Å²) in [4.78, 5) is 65.2. The molecule has 0 bridgehead atoms. The van der Waals surface area contributed by atoms with Crippen molar-refractivity contribution in [2.75, 3.05) is 38.6 Å². The molecule has 3 fully saturated rings. The van der Waals surface area contributed by atoms with Crippen LogP contribution in [-0.2, 0) is 23.9 Å². The van der Waals surface area contributed by atoms with E-state index in [0.29, 0.717) is 24.1 Å². The van der Waals surface area contributed by atoms with Gasteiger partial charge in [0.05, 0.1) is 19.1 Å². The third-order valence-corrected chi connectivity index (χ3v) is 7.64. The van der Waals surface area contributed by atoms with E-state index in [1.54, 1.807) is 0 Å². The number of carboxylic acid groups (broad SMARTS) is 1. The quantitative estimate of drug-likeness (QED) is 0.264. The molecule has 13 nitrogen and oxygen atoms in total. The van der Waals surface area contributed by atoms with Crippen LogP contribution in [0.1, 0.15) is 6.42 Å². The fourth-order valence-corrected chi connectivity index (χ4v) is 5.84. The van der Waals surface area contributed by atoms with E-state index >= 15 is 0 Å². The normalized spacial score (nSPS) is 24.8. The van der Waals surface area contributed by atoms with Gasteiger partial charge in [0.25, 0.3) is 0 Å². The molecule has 4 aliphatic heterocycles. The van der Waals surface area contributed by atoms with E-state index in [2.05, 4.69) is 13.2 Å². The van der Waals surface area contributed by atoms with Crippen LogP contribution in [0.2, 0.25) is 0 Å². The minimum Gasteiger partial charge on any atom is -0.477 e. The van der Waals surface area contributed by atoms with Crippen molar-refractivity contribution >= 4 is 41.7 Å². The summed E-state index contributed by atoms with van der Waals surface area (Å²) < 4.78 is 10.1. The molecule has 4 aliphatic rings. The lowest BCUT2D eigenvalue weighted by Crippen LogP contribution is -2.68. The van der Waals surface area contributed by atoms with Crippen molar-refractivity contribution < 1.29 is 38.6 Å². The van der Waals surface area contributed by atoms with E-state index in [-0.39, 0.29) is 43.7 Å². The van der Waals surface area contributed by atoms with Crippen molar-refractivity contribution in [2.24, 2.45) is 5.73 Å². The number of hydrazine groups is 1. The first-order chi connectivity index (χ1) is 17.7. The molecule has 4 rings (SSSR count). The molecule has 198 valence electrons. The number of likely N-dealkylation sites (tertiary alicyclic amines) is 1. The maximum absolute atomic E-state index is 13.3. The molecule has 37 heavy (non-hydrogen) atoms. The van der Waals surface area contributed by atoms with Gasteiger partial charge in [0.1, 0.15) is 30.3 Å². The number of nitrogens with zero attached hydrogens (tertiary/aromatic N) is 4. The third kappa shape index (κ3) is 4.81. The van der Waals surface area contributed by atoms with Crippen molar-refractivity contribution in [1.29, 1.82) is 0 Å². The molecule has 2 atom stereocenters. The number of ether oxygens (including phenoxy) is 2. The zero-order chi connectivity index (χ0) is 26.9. The Bertz CT molecular complexity index is 1090. The van der Waals surface area contributed by atoms with Gasteiger partial charge in [-0.25, -0.2) is 24.4 Å². The molecular formula is C23H27N5O8S. The van der Waals surface area contributed by atoms with E-state index in [1.165, 1.54) is 39.8 Å². The van der Waals surface area contributed by atoms with Crippen LogP contribution in [0, 0.1) is 0 Å². The second-order valence-electron chi connectivity index (χ2n) is 8.58. The highest BCUT2D eigenvalue weighted by molar-refractivity contribution is 8.00. The molecule has 4 amide bonds. The topological polar surface area (TPSA) is 163 Å². The van der Waals surface area contributed by atoms with Crippen LogP contribution in [-0.4, -0.2) is 111 Å². The Kier molecular flexibility index (Phi) is 7.59. The van der Waals surface area contributed by atoms with Crippen molar-refractivity contribution in [3.63, 3.8) is 0 Å². The summed E-state index contributed by atoms with van der Waals surface area (Å²) in [6, 6.07) is -1.29. The Morgan fingerprint density at radius 1 is 1.08 bits per heavy atom. The minimum atomic E-state index is -1.27. The Morgan fingerprint density at radius 3 is 2.22 bits per heavy atom. The van der Waals surface area contributed by atoms with Crippen LogP contribution in [0.15, 0.2) is 48.2 Å². The van der Waals surface area contributed by atoms with Gasteiger partial charge >= 0.3 is 18.2 Å². The van der Waals surface area contributed by atoms with Crippen molar-refractivity contribution in [3.05, 3.63) is 48.2 Å². The number of fused-ring (bicyclic) bond motifs is 1. The number of nitrogens with two attached hydrogens (primary N) is 1. The highest BCUT2D eigenvalue weighted by Crippen LogP contribution is 2.40.